The van der Waals surface area contributed by atoms with Gasteiger partial charge in [-0.2, -0.15) is 9.61 Å². The van der Waals surface area contributed by atoms with E-state index in [0.29, 0.717) is 6.54 Å². The summed E-state index contributed by atoms with van der Waals surface area (Å²) in [5.74, 6) is 0. The molecule has 74 valence electrons. The van der Waals surface area contributed by atoms with Gasteiger partial charge < -0.3 is 5.73 Å². The topological polar surface area (TPSA) is 69.1 Å². The first kappa shape index (κ1) is 8.31. The molecule has 2 N–H and O–H groups in total. The van der Waals surface area contributed by atoms with Gasteiger partial charge in [0.05, 0.1) is 0 Å². The zero-order valence-electron chi connectivity index (χ0n) is 7.68. The monoisotopic (exact) mass is 209 g/mol. The minimum atomic E-state index is 0.144. The van der Waals surface area contributed by atoms with E-state index in [1.165, 1.54) is 6.42 Å². The summed E-state index contributed by atoms with van der Waals surface area (Å²) in [7, 11) is 0. The quantitative estimate of drug-likeness (QED) is 0.785. The largest absolute Gasteiger partial charge is 0.329 e. The molecule has 0 radical (unpaired) electrons. The lowest BCUT2D eigenvalue weighted by molar-refractivity contribution is 0.250. The standard InChI is InChI=1S/C8H11N5S/c9-4-8(2-1-3-8)6-12-13-5-10-11-7(13)14-6/h5H,1-4,9H2. The Morgan fingerprint density at radius 3 is 3.00 bits per heavy atom. The SMILES string of the molecule is NCC1(c2nn3cnnc3s2)CCC1. The van der Waals surface area contributed by atoms with Crippen LogP contribution in [0.2, 0.25) is 0 Å². The first-order valence-corrected chi connectivity index (χ1v) is 5.53. The van der Waals surface area contributed by atoms with Crippen LogP contribution >= 0.6 is 11.3 Å². The fourth-order valence-corrected chi connectivity index (χ4v) is 2.96. The second kappa shape index (κ2) is 2.74. The maximum absolute atomic E-state index is 5.81. The van der Waals surface area contributed by atoms with Crippen LogP contribution in [0.4, 0.5) is 0 Å². The van der Waals surface area contributed by atoms with Gasteiger partial charge in [-0.25, -0.2) is 0 Å². The molecule has 0 unspecified atom stereocenters. The molecule has 1 fully saturated rings. The predicted molar refractivity (Wildman–Crippen MR) is 53.2 cm³/mol. The Hall–Kier alpha value is -1.01. The predicted octanol–water partition coefficient (Wildman–Crippen LogP) is 0.566. The van der Waals surface area contributed by atoms with Gasteiger partial charge >= 0.3 is 0 Å². The van der Waals surface area contributed by atoms with Gasteiger partial charge in [-0.05, 0) is 12.8 Å². The Balaban J connectivity index is 2.08. The first-order valence-electron chi connectivity index (χ1n) is 4.71. The highest BCUT2D eigenvalue weighted by Gasteiger charge is 2.40. The van der Waals surface area contributed by atoms with Crippen molar-refractivity contribution < 1.29 is 0 Å². The fraction of sp³-hybridized carbons (Fsp3) is 0.625. The summed E-state index contributed by atoms with van der Waals surface area (Å²) in [5.41, 5.74) is 5.96. The molecule has 3 rings (SSSR count). The van der Waals surface area contributed by atoms with Crippen LogP contribution in [0.5, 0.6) is 0 Å². The Kier molecular flexibility index (Phi) is 1.63. The molecule has 1 aliphatic carbocycles. The number of nitrogens with zero attached hydrogens (tertiary/aromatic N) is 4. The van der Waals surface area contributed by atoms with E-state index in [2.05, 4.69) is 15.3 Å². The highest BCUT2D eigenvalue weighted by atomic mass is 32.1. The smallest absolute Gasteiger partial charge is 0.234 e. The van der Waals surface area contributed by atoms with E-state index in [1.54, 1.807) is 22.2 Å². The molecule has 0 aliphatic heterocycles. The number of hydrogen-bond acceptors (Lipinski definition) is 5. The van der Waals surface area contributed by atoms with Crippen molar-refractivity contribution in [1.82, 2.24) is 19.8 Å². The number of nitrogens with two attached hydrogens (primary N) is 1. The van der Waals surface area contributed by atoms with Crippen LogP contribution in [0.15, 0.2) is 6.33 Å². The minimum Gasteiger partial charge on any atom is -0.329 e. The molecule has 0 saturated heterocycles. The van der Waals surface area contributed by atoms with Crippen molar-refractivity contribution in [3.63, 3.8) is 0 Å². The van der Waals surface area contributed by atoms with Crippen LogP contribution in [-0.2, 0) is 5.41 Å². The number of fused-ring (bicyclic) bond motifs is 1. The van der Waals surface area contributed by atoms with Gasteiger partial charge in [-0.3, -0.25) is 0 Å². The van der Waals surface area contributed by atoms with Crippen LogP contribution in [0.3, 0.4) is 0 Å². The zero-order chi connectivity index (χ0) is 9.60. The highest BCUT2D eigenvalue weighted by Crippen LogP contribution is 2.43. The first-order chi connectivity index (χ1) is 6.84. The van der Waals surface area contributed by atoms with Crippen LogP contribution in [0.25, 0.3) is 4.96 Å². The third-order valence-corrected chi connectivity index (χ3v) is 4.20. The zero-order valence-corrected chi connectivity index (χ0v) is 8.50. The summed E-state index contributed by atoms with van der Waals surface area (Å²) in [6.45, 7) is 0.692. The van der Waals surface area contributed by atoms with E-state index in [9.17, 15) is 0 Å². The van der Waals surface area contributed by atoms with Gasteiger partial charge in [-0.1, -0.05) is 17.8 Å². The summed E-state index contributed by atoms with van der Waals surface area (Å²) in [5, 5.41) is 13.3. The van der Waals surface area contributed by atoms with Gasteiger partial charge in [0.1, 0.15) is 11.3 Å². The van der Waals surface area contributed by atoms with Crippen molar-refractivity contribution >= 4 is 16.3 Å². The molecule has 6 heteroatoms. The number of hydrogen-bond donors (Lipinski definition) is 1. The van der Waals surface area contributed by atoms with Gasteiger partial charge in [0.2, 0.25) is 4.96 Å². The third kappa shape index (κ3) is 0.949. The molecule has 2 aromatic heterocycles. The number of rotatable bonds is 2. The van der Waals surface area contributed by atoms with Crippen LogP contribution in [0, 0.1) is 0 Å². The lowest BCUT2D eigenvalue weighted by atomic mass is 9.69. The van der Waals surface area contributed by atoms with Gasteiger partial charge in [0.25, 0.3) is 0 Å². The normalized spacial score (nSPS) is 19.8. The molecule has 0 aromatic carbocycles. The fourth-order valence-electron chi connectivity index (χ4n) is 1.88. The van der Waals surface area contributed by atoms with Crippen molar-refractivity contribution in [3.8, 4) is 0 Å². The van der Waals surface area contributed by atoms with Crippen molar-refractivity contribution in [2.75, 3.05) is 6.54 Å². The molecule has 0 atom stereocenters. The second-order valence-electron chi connectivity index (χ2n) is 3.80. The second-order valence-corrected chi connectivity index (χ2v) is 4.76. The Morgan fingerprint density at radius 1 is 1.57 bits per heavy atom. The minimum absolute atomic E-state index is 0.144. The molecule has 2 aromatic rings. The maximum Gasteiger partial charge on any atom is 0.234 e. The van der Waals surface area contributed by atoms with Crippen molar-refractivity contribution in [2.24, 2.45) is 5.73 Å². The Morgan fingerprint density at radius 2 is 2.43 bits per heavy atom. The number of aromatic nitrogens is 4. The summed E-state index contributed by atoms with van der Waals surface area (Å²) in [6.07, 6.45) is 5.22. The average Bonchev–Trinajstić information content (AvgIpc) is 2.62. The van der Waals surface area contributed by atoms with Gasteiger partial charge in [0.15, 0.2) is 0 Å². The summed E-state index contributed by atoms with van der Waals surface area (Å²) in [6, 6.07) is 0. The van der Waals surface area contributed by atoms with Crippen molar-refractivity contribution in [1.29, 1.82) is 0 Å². The van der Waals surface area contributed by atoms with Crippen LogP contribution in [-0.4, -0.2) is 26.4 Å². The average molecular weight is 209 g/mol. The molecule has 2 heterocycles. The lowest BCUT2D eigenvalue weighted by Gasteiger charge is -2.38. The van der Waals surface area contributed by atoms with Crippen molar-refractivity contribution in [2.45, 2.75) is 24.7 Å². The summed E-state index contributed by atoms with van der Waals surface area (Å²) < 4.78 is 1.73. The van der Waals surface area contributed by atoms with E-state index >= 15 is 0 Å². The van der Waals surface area contributed by atoms with E-state index in [-0.39, 0.29) is 5.41 Å². The molecule has 1 aliphatic rings. The van der Waals surface area contributed by atoms with E-state index < -0.39 is 0 Å². The Bertz CT molecular complexity index is 421. The lowest BCUT2D eigenvalue weighted by Crippen LogP contribution is -2.41. The van der Waals surface area contributed by atoms with Crippen LogP contribution in [0.1, 0.15) is 24.3 Å². The molecule has 1 saturated carbocycles. The molecule has 0 spiro atoms. The Labute approximate surface area is 84.9 Å². The maximum atomic E-state index is 5.81. The molecule has 5 nitrogen and oxygen atoms in total. The van der Waals surface area contributed by atoms with Crippen LogP contribution < -0.4 is 5.73 Å². The summed E-state index contributed by atoms with van der Waals surface area (Å²) in [4.78, 5) is 0.861. The molecule has 14 heavy (non-hydrogen) atoms. The highest BCUT2D eigenvalue weighted by molar-refractivity contribution is 7.16. The molecule has 0 bridgehead atoms. The van der Waals surface area contributed by atoms with E-state index in [4.69, 9.17) is 5.73 Å². The summed E-state index contributed by atoms with van der Waals surface area (Å²) >= 11 is 1.61. The van der Waals surface area contributed by atoms with Crippen molar-refractivity contribution in [3.05, 3.63) is 11.3 Å². The van der Waals surface area contributed by atoms with Gasteiger partial charge in [-0.15, -0.1) is 10.2 Å². The molecular formula is C8H11N5S. The van der Waals surface area contributed by atoms with E-state index in [0.717, 1.165) is 22.8 Å². The van der Waals surface area contributed by atoms with E-state index in [1.807, 2.05) is 0 Å². The molecular weight excluding hydrogens is 198 g/mol. The molecule has 0 amide bonds. The third-order valence-electron chi connectivity index (χ3n) is 3.04. The van der Waals surface area contributed by atoms with Gasteiger partial charge in [0, 0.05) is 12.0 Å².